The average molecular weight is 352 g/mol. The molecule has 1 fully saturated rings. The lowest BCUT2D eigenvalue weighted by molar-refractivity contribution is 0.0696. The summed E-state index contributed by atoms with van der Waals surface area (Å²) in [5.41, 5.74) is 0.0739. The van der Waals surface area contributed by atoms with Crippen LogP contribution in [0.25, 0.3) is 0 Å². The third-order valence-electron chi connectivity index (χ3n) is 3.97. The van der Waals surface area contributed by atoms with Crippen molar-refractivity contribution in [3.8, 4) is 0 Å². The molecule has 1 atom stereocenters. The summed E-state index contributed by atoms with van der Waals surface area (Å²) in [6, 6.07) is 1.42. The first kappa shape index (κ1) is 16.5. The highest BCUT2D eigenvalue weighted by molar-refractivity contribution is 6.33. The number of rotatable bonds is 4. The number of carboxylic acids is 1. The van der Waals surface area contributed by atoms with E-state index < -0.39 is 5.97 Å². The zero-order valence-corrected chi connectivity index (χ0v) is 14.2. The van der Waals surface area contributed by atoms with Crippen LogP contribution < -0.4 is 9.80 Å². The van der Waals surface area contributed by atoms with Gasteiger partial charge in [0.2, 0.25) is 5.89 Å². The van der Waals surface area contributed by atoms with Crippen LogP contribution in [0.2, 0.25) is 5.02 Å². The van der Waals surface area contributed by atoms with Crippen molar-refractivity contribution >= 4 is 29.3 Å². The number of aromatic nitrogens is 3. The minimum absolute atomic E-state index is 0.0739. The standard InChI is InChI=1S/C15H18ClN5O3/c1-20(2)15-18-13(24-19-15)9-4-3-5-21(8-9)12-11(16)6-10(7-17-12)14(22)23/h6-7,9H,3-5,8H2,1-2H3,(H,22,23). The molecule has 2 aromatic rings. The third kappa shape index (κ3) is 3.28. The van der Waals surface area contributed by atoms with Crippen LogP contribution in [0.3, 0.4) is 0 Å². The Bertz CT molecular complexity index is 748. The summed E-state index contributed by atoms with van der Waals surface area (Å²) >= 11 is 6.22. The molecule has 1 N–H and O–H groups in total. The highest BCUT2D eigenvalue weighted by atomic mass is 35.5. The molecule has 9 heteroatoms. The van der Waals surface area contributed by atoms with Gasteiger partial charge in [-0.05, 0) is 24.1 Å². The Hall–Kier alpha value is -2.35. The fourth-order valence-electron chi connectivity index (χ4n) is 2.73. The molecule has 3 rings (SSSR count). The monoisotopic (exact) mass is 351 g/mol. The molecule has 3 heterocycles. The molecule has 1 aliphatic rings. The van der Waals surface area contributed by atoms with Gasteiger partial charge in [-0.3, -0.25) is 0 Å². The van der Waals surface area contributed by atoms with E-state index in [4.69, 9.17) is 21.2 Å². The quantitative estimate of drug-likeness (QED) is 0.896. The second-order valence-electron chi connectivity index (χ2n) is 5.95. The van der Waals surface area contributed by atoms with E-state index in [1.807, 2.05) is 19.0 Å². The lowest BCUT2D eigenvalue weighted by Gasteiger charge is -2.32. The molecule has 1 saturated heterocycles. The summed E-state index contributed by atoms with van der Waals surface area (Å²) in [4.78, 5) is 23.4. The predicted molar refractivity (Wildman–Crippen MR) is 89.0 cm³/mol. The Morgan fingerprint density at radius 2 is 2.29 bits per heavy atom. The van der Waals surface area contributed by atoms with Gasteiger partial charge in [0.05, 0.1) is 16.5 Å². The van der Waals surface area contributed by atoms with Crippen molar-refractivity contribution < 1.29 is 14.4 Å². The van der Waals surface area contributed by atoms with Gasteiger partial charge in [-0.25, -0.2) is 9.78 Å². The zero-order valence-electron chi connectivity index (χ0n) is 13.4. The third-order valence-corrected chi connectivity index (χ3v) is 4.25. The molecule has 0 aromatic carbocycles. The van der Waals surface area contributed by atoms with E-state index in [9.17, 15) is 4.79 Å². The average Bonchev–Trinajstić information content (AvgIpc) is 3.05. The number of nitrogens with zero attached hydrogens (tertiary/aromatic N) is 5. The number of carbonyl (C=O) groups is 1. The van der Waals surface area contributed by atoms with Crippen LogP contribution in [0.15, 0.2) is 16.8 Å². The summed E-state index contributed by atoms with van der Waals surface area (Å²) in [6.45, 7) is 1.44. The van der Waals surface area contributed by atoms with E-state index in [2.05, 4.69) is 15.1 Å². The van der Waals surface area contributed by atoms with Crippen molar-refractivity contribution in [1.82, 2.24) is 15.1 Å². The van der Waals surface area contributed by atoms with Gasteiger partial charge in [-0.1, -0.05) is 11.6 Å². The first-order chi connectivity index (χ1) is 11.5. The lowest BCUT2D eigenvalue weighted by Crippen LogP contribution is -2.35. The van der Waals surface area contributed by atoms with E-state index in [-0.39, 0.29) is 11.5 Å². The topological polar surface area (TPSA) is 95.6 Å². The molecule has 24 heavy (non-hydrogen) atoms. The Morgan fingerprint density at radius 3 is 2.92 bits per heavy atom. The predicted octanol–water partition coefficient (Wildman–Crippen LogP) is 2.27. The minimum atomic E-state index is -1.05. The van der Waals surface area contributed by atoms with Crippen molar-refractivity contribution in [1.29, 1.82) is 0 Å². The Labute approximate surface area is 144 Å². The molecular formula is C15H18ClN5O3. The normalized spacial score (nSPS) is 17.8. The van der Waals surface area contributed by atoms with E-state index in [1.165, 1.54) is 12.3 Å². The largest absolute Gasteiger partial charge is 0.478 e. The maximum atomic E-state index is 11.0. The van der Waals surface area contributed by atoms with Crippen LogP contribution in [0, 0.1) is 0 Å². The van der Waals surface area contributed by atoms with Gasteiger partial charge in [-0.2, -0.15) is 4.98 Å². The van der Waals surface area contributed by atoms with Gasteiger partial charge in [0.15, 0.2) is 0 Å². The van der Waals surface area contributed by atoms with Crippen LogP contribution in [0.1, 0.15) is 35.0 Å². The number of anilines is 2. The van der Waals surface area contributed by atoms with Crippen LogP contribution >= 0.6 is 11.6 Å². The first-order valence-electron chi connectivity index (χ1n) is 7.60. The molecule has 0 spiro atoms. The Balaban J connectivity index is 1.79. The molecule has 0 aliphatic carbocycles. The van der Waals surface area contributed by atoms with Gasteiger partial charge in [0.1, 0.15) is 5.82 Å². The molecule has 0 amide bonds. The SMILES string of the molecule is CN(C)c1noc(C2CCCN(c3ncc(C(=O)O)cc3Cl)C2)n1. The second kappa shape index (κ2) is 6.64. The summed E-state index contributed by atoms with van der Waals surface area (Å²) in [5.74, 6) is 0.774. The lowest BCUT2D eigenvalue weighted by atomic mass is 9.98. The number of hydrogen-bond acceptors (Lipinski definition) is 7. The van der Waals surface area contributed by atoms with Crippen LogP contribution in [-0.4, -0.2) is 53.4 Å². The molecule has 1 aliphatic heterocycles. The number of carboxylic acid groups (broad SMARTS) is 1. The second-order valence-corrected chi connectivity index (χ2v) is 6.35. The van der Waals surface area contributed by atoms with Crippen molar-refractivity contribution in [3.63, 3.8) is 0 Å². The van der Waals surface area contributed by atoms with Gasteiger partial charge < -0.3 is 19.4 Å². The minimum Gasteiger partial charge on any atom is -0.478 e. The smallest absolute Gasteiger partial charge is 0.337 e. The molecule has 0 radical (unpaired) electrons. The molecule has 0 bridgehead atoms. The van der Waals surface area contributed by atoms with Crippen molar-refractivity contribution in [3.05, 3.63) is 28.7 Å². The van der Waals surface area contributed by atoms with Crippen molar-refractivity contribution in [2.24, 2.45) is 0 Å². The van der Waals surface area contributed by atoms with E-state index in [0.717, 1.165) is 19.4 Å². The van der Waals surface area contributed by atoms with Crippen LogP contribution in [-0.2, 0) is 0 Å². The van der Waals surface area contributed by atoms with Gasteiger partial charge in [-0.15, -0.1) is 0 Å². The highest BCUT2D eigenvalue weighted by Crippen LogP contribution is 2.32. The maximum absolute atomic E-state index is 11.0. The van der Waals surface area contributed by atoms with E-state index >= 15 is 0 Å². The van der Waals surface area contributed by atoms with Crippen molar-refractivity contribution in [2.45, 2.75) is 18.8 Å². The molecule has 2 aromatic heterocycles. The first-order valence-corrected chi connectivity index (χ1v) is 7.98. The van der Waals surface area contributed by atoms with Gasteiger partial charge in [0, 0.05) is 33.4 Å². The molecule has 128 valence electrons. The fourth-order valence-corrected chi connectivity index (χ4v) is 3.01. The van der Waals surface area contributed by atoms with Gasteiger partial charge in [0.25, 0.3) is 5.95 Å². The van der Waals surface area contributed by atoms with Crippen LogP contribution in [0.4, 0.5) is 11.8 Å². The van der Waals surface area contributed by atoms with Gasteiger partial charge >= 0.3 is 5.97 Å². The molecule has 1 unspecified atom stereocenters. The van der Waals surface area contributed by atoms with E-state index in [1.54, 1.807) is 4.90 Å². The number of halogens is 1. The fraction of sp³-hybridized carbons (Fsp3) is 0.467. The summed E-state index contributed by atoms with van der Waals surface area (Å²) in [7, 11) is 3.71. The maximum Gasteiger partial charge on any atom is 0.337 e. The zero-order chi connectivity index (χ0) is 17.3. The molecular weight excluding hydrogens is 334 g/mol. The van der Waals surface area contributed by atoms with E-state index in [0.29, 0.717) is 29.2 Å². The summed E-state index contributed by atoms with van der Waals surface area (Å²) in [5, 5.41) is 13.3. The number of aromatic carboxylic acids is 1. The Morgan fingerprint density at radius 1 is 1.50 bits per heavy atom. The number of hydrogen-bond donors (Lipinski definition) is 1. The molecule has 0 saturated carbocycles. The summed E-state index contributed by atoms with van der Waals surface area (Å²) in [6.07, 6.45) is 3.20. The highest BCUT2D eigenvalue weighted by Gasteiger charge is 2.28. The number of pyridine rings is 1. The van der Waals surface area contributed by atoms with Crippen LogP contribution in [0.5, 0.6) is 0 Å². The molecule has 8 nitrogen and oxygen atoms in total. The Kier molecular flexibility index (Phi) is 4.57. The summed E-state index contributed by atoms with van der Waals surface area (Å²) < 4.78 is 5.37. The number of piperidine rings is 1. The van der Waals surface area contributed by atoms with Crippen molar-refractivity contribution in [2.75, 3.05) is 37.0 Å².